The van der Waals surface area contributed by atoms with Crippen LogP contribution >= 0.6 is 0 Å². The lowest BCUT2D eigenvalue weighted by Gasteiger charge is -2.24. The van der Waals surface area contributed by atoms with Crippen molar-refractivity contribution in [1.82, 2.24) is 9.29 Å². The Morgan fingerprint density at radius 1 is 1.14 bits per heavy atom. The summed E-state index contributed by atoms with van der Waals surface area (Å²) in [5.41, 5.74) is 3.11. The molecule has 1 aromatic heterocycles. The summed E-state index contributed by atoms with van der Waals surface area (Å²) < 4.78 is 28.2. The normalized spacial score (nSPS) is 17.5. The second kappa shape index (κ2) is 7.57. The van der Waals surface area contributed by atoms with Crippen LogP contribution in [0.15, 0.2) is 59.6 Å². The van der Waals surface area contributed by atoms with Gasteiger partial charge >= 0.3 is 0 Å². The van der Waals surface area contributed by atoms with Gasteiger partial charge in [0.05, 0.1) is 5.52 Å². The highest BCUT2D eigenvalue weighted by molar-refractivity contribution is 7.89. The second-order valence-electron chi connectivity index (χ2n) is 7.41. The predicted octanol–water partition coefficient (Wildman–Crippen LogP) is 3.64. The zero-order valence-corrected chi connectivity index (χ0v) is 17.2. The molecule has 4 rings (SSSR count). The quantitative estimate of drug-likeness (QED) is 0.713. The van der Waals surface area contributed by atoms with E-state index in [1.807, 2.05) is 44.2 Å². The van der Waals surface area contributed by atoms with Crippen molar-refractivity contribution in [2.75, 3.05) is 11.9 Å². The summed E-state index contributed by atoms with van der Waals surface area (Å²) in [4.78, 5) is 17.4. The van der Waals surface area contributed by atoms with Crippen LogP contribution in [0.4, 0.5) is 5.69 Å². The minimum atomic E-state index is -3.86. The summed E-state index contributed by atoms with van der Waals surface area (Å²) in [6, 6.07) is 13.8. The SMILES string of the molecule is Cc1ccc(C)c(NC(=O)C2CCCN2S(=O)(=O)c2cccc3cccnc23)c1. The molecular formula is C22H23N3O3S. The molecule has 1 saturated heterocycles. The highest BCUT2D eigenvalue weighted by atomic mass is 32.2. The number of pyridine rings is 1. The van der Waals surface area contributed by atoms with Crippen molar-refractivity contribution < 1.29 is 13.2 Å². The maximum Gasteiger partial charge on any atom is 0.245 e. The van der Waals surface area contributed by atoms with Gasteiger partial charge in [-0.1, -0.05) is 30.3 Å². The molecule has 1 atom stereocenters. The fraction of sp³-hybridized carbons (Fsp3) is 0.273. The number of nitrogens with zero attached hydrogens (tertiary/aromatic N) is 2. The highest BCUT2D eigenvalue weighted by Crippen LogP contribution is 2.30. The van der Waals surface area contributed by atoms with E-state index < -0.39 is 16.1 Å². The number of carbonyl (C=O) groups excluding carboxylic acids is 1. The number of para-hydroxylation sites is 1. The Morgan fingerprint density at radius 3 is 2.76 bits per heavy atom. The standard InChI is InChI=1S/C22H23N3O3S/c1-15-10-11-16(2)18(14-15)24-22(26)19-8-5-13-25(19)29(27,28)20-9-3-6-17-7-4-12-23-21(17)20/h3-4,6-7,9-12,14,19H,5,8,13H2,1-2H3,(H,24,26). The minimum Gasteiger partial charge on any atom is -0.324 e. The van der Waals surface area contributed by atoms with E-state index in [1.165, 1.54) is 4.31 Å². The molecule has 0 radical (unpaired) electrons. The summed E-state index contributed by atoms with van der Waals surface area (Å²) in [5.74, 6) is -0.298. The lowest BCUT2D eigenvalue weighted by atomic mass is 10.1. The average molecular weight is 410 g/mol. The maximum atomic E-state index is 13.4. The van der Waals surface area contributed by atoms with Crippen molar-refractivity contribution in [3.63, 3.8) is 0 Å². The first-order valence-electron chi connectivity index (χ1n) is 9.61. The lowest BCUT2D eigenvalue weighted by Crippen LogP contribution is -2.43. The number of rotatable bonds is 4. The predicted molar refractivity (Wildman–Crippen MR) is 113 cm³/mol. The molecule has 0 bridgehead atoms. The molecule has 6 nitrogen and oxygen atoms in total. The molecule has 29 heavy (non-hydrogen) atoms. The fourth-order valence-corrected chi connectivity index (χ4v) is 5.61. The monoisotopic (exact) mass is 409 g/mol. The third-order valence-corrected chi connectivity index (χ3v) is 7.28. The van der Waals surface area contributed by atoms with Crippen molar-refractivity contribution in [3.8, 4) is 0 Å². The van der Waals surface area contributed by atoms with Gasteiger partial charge in [-0.3, -0.25) is 9.78 Å². The summed E-state index contributed by atoms with van der Waals surface area (Å²) >= 11 is 0. The van der Waals surface area contributed by atoms with Gasteiger partial charge < -0.3 is 5.32 Å². The summed E-state index contributed by atoms with van der Waals surface area (Å²) in [6.45, 7) is 4.19. The number of amides is 1. The van der Waals surface area contributed by atoms with Crippen LogP contribution in [0.25, 0.3) is 10.9 Å². The van der Waals surface area contributed by atoms with Gasteiger partial charge in [0, 0.05) is 23.8 Å². The van der Waals surface area contributed by atoms with Gasteiger partial charge in [-0.05, 0) is 56.0 Å². The molecule has 1 N–H and O–H groups in total. The maximum absolute atomic E-state index is 13.4. The van der Waals surface area contributed by atoms with E-state index in [2.05, 4.69) is 10.3 Å². The lowest BCUT2D eigenvalue weighted by molar-refractivity contribution is -0.119. The molecular weight excluding hydrogens is 386 g/mol. The summed E-state index contributed by atoms with van der Waals surface area (Å²) in [7, 11) is -3.86. The van der Waals surface area contributed by atoms with Crippen LogP contribution in [-0.2, 0) is 14.8 Å². The summed E-state index contributed by atoms with van der Waals surface area (Å²) in [5, 5.41) is 3.68. The Bertz CT molecular complexity index is 1190. The van der Waals surface area contributed by atoms with E-state index in [-0.39, 0.29) is 10.8 Å². The van der Waals surface area contributed by atoms with E-state index in [0.717, 1.165) is 16.5 Å². The number of anilines is 1. The van der Waals surface area contributed by atoms with Gasteiger partial charge in [0.25, 0.3) is 0 Å². The van der Waals surface area contributed by atoms with Crippen LogP contribution in [-0.4, -0.2) is 36.2 Å². The third-order valence-electron chi connectivity index (χ3n) is 5.34. The molecule has 0 aliphatic carbocycles. The molecule has 0 spiro atoms. The van der Waals surface area contributed by atoms with E-state index in [1.54, 1.807) is 24.4 Å². The van der Waals surface area contributed by atoms with Crippen LogP contribution in [0, 0.1) is 13.8 Å². The van der Waals surface area contributed by atoms with E-state index in [0.29, 0.717) is 30.6 Å². The zero-order chi connectivity index (χ0) is 20.6. The first-order chi connectivity index (χ1) is 13.9. The number of sulfonamides is 1. The van der Waals surface area contributed by atoms with Crippen molar-refractivity contribution in [3.05, 3.63) is 65.9 Å². The zero-order valence-electron chi connectivity index (χ0n) is 16.4. The fourth-order valence-electron chi connectivity index (χ4n) is 3.79. The molecule has 1 unspecified atom stereocenters. The minimum absolute atomic E-state index is 0.141. The van der Waals surface area contributed by atoms with Crippen LogP contribution in [0.2, 0.25) is 0 Å². The van der Waals surface area contributed by atoms with Gasteiger partial charge in [-0.2, -0.15) is 4.31 Å². The first-order valence-corrected chi connectivity index (χ1v) is 11.1. The molecule has 1 fully saturated rings. The van der Waals surface area contributed by atoms with Gasteiger partial charge in [0.2, 0.25) is 15.9 Å². The van der Waals surface area contributed by atoms with Crippen molar-refractivity contribution in [1.29, 1.82) is 0 Å². The van der Waals surface area contributed by atoms with Crippen LogP contribution in [0.1, 0.15) is 24.0 Å². The molecule has 3 aromatic rings. The Balaban J connectivity index is 1.67. The van der Waals surface area contributed by atoms with Gasteiger partial charge in [-0.15, -0.1) is 0 Å². The van der Waals surface area contributed by atoms with Gasteiger partial charge in [0.1, 0.15) is 10.9 Å². The Hall–Kier alpha value is -2.77. The smallest absolute Gasteiger partial charge is 0.245 e. The third kappa shape index (κ3) is 3.63. The number of fused-ring (bicyclic) bond motifs is 1. The van der Waals surface area contributed by atoms with Crippen molar-refractivity contribution in [2.45, 2.75) is 37.6 Å². The Morgan fingerprint density at radius 2 is 1.93 bits per heavy atom. The molecule has 7 heteroatoms. The van der Waals surface area contributed by atoms with Gasteiger partial charge in [-0.25, -0.2) is 8.42 Å². The summed E-state index contributed by atoms with van der Waals surface area (Å²) in [6.07, 6.45) is 2.71. The van der Waals surface area contributed by atoms with E-state index >= 15 is 0 Å². The van der Waals surface area contributed by atoms with E-state index in [4.69, 9.17) is 0 Å². The molecule has 1 aliphatic heterocycles. The molecule has 1 aliphatic rings. The number of nitrogens with one attached hydrogen (secondary N) is 1. The van der Waals surface area contributed by atoms with Crippen LogP contribution in [0.3, 0.4) is 0 Å². The second-order valence-corrected chi connectivity index (χ2v) is 9.27. The number of carbonyl (C=O) groups is 1. The largest absolute Gasteiger partial charge is 0.324 e. The van der Waals surface area contributed by atoms with Crippen LogP contribution in [0.5, 0.6) is 0 Å². The Labute approximate surface area is 170 Å². The van der Waals surface area contributed by atoms with Gasteiger partial charge in [0.15, 0.2) is 0 Å². The topological polar surface area (TPSA) is 79.4 Å². The van der Waals surface area contributed by atoms with Crippen LogP contribution < -0.4 is 5.32 Å². The average Bonchev–Trinajstić information content (AvgIpc) is 3.21. The molecule has 2 heterocycles. The number of hydrogen-bond donors (Lipinski definition) is 1. The highest BCUT2D eigenvalue weighted by Gasteiger charge is 2.40. The Kier molecular flexibility index (Phi) is 5.10. The first kappa shape index (κ1) is 19.5. The number of hydrogen-bond acceptors (Lipinski definition) is 4. The number of aromatic nitrogens is 1. The van der Waals surface area contributed by atoms with Crippen molar-refractivity contribution >= 4 is 32.5 Å². The number of aryl methyl sites for hydroxylation is 2. The molecule has 2 aromatic carbocycles. The van der Waals surface area contributed by atoms with E-state index in [9.17, 15) is 13.2 Å². The number of benzene rings is 2. The molecule has 1 amide bonds. The molecule has 150 valence electrons. The van der Waals surface area contributed by atoms with Crippen molar-refractivity contribution in [2.24, 2.45) is 0 Å². The molecule has 0 saturated carbocycles.